The highest BCUT2D eigenvalue weighted by molar-refractivity contribution is 7.89. The van der Waals surface area contributed by atoms with Crippen molar-refractivity contribution >= 4 is 27.5 Å². The van der Waals surface area contributed by atoms with Gasteiger partial charge in [0.2, 0.25) is 15.9 Å². The second-order valence-electron chi connectivity index (χ2n) is 5.55. The number of hydrogen-bond donors (Lipinski definition) is 2. The van der Waals surface area contributed by atoms with Gasteiger partial charge in [-0.15, -0.1) is 0 Å². The van der Waals surface area contributed by atoms with E-state index in [0.29, 0.717) is 18.0 Å². The van der Waals surface area contributed by atoms with Crippen molar-refractivity contribution in [2.24, 2.45) is 0 Å². The van der Waals surface area contributed by atoms with Gasteiger partial charge >= 0.3 is 0 Å². The van der Waals surface area contributed by atoms with Crippen molar-refractivity contribution in [3.8, 4) is 5.75 Å². The molecule has 2 N–H and O–H groups in total. The minimum atomic E-state index is -3.67. The van der Waals surface area contributed by atoms with Crippen LogP contribution >= 0.6 is 11.6 Å². The quantitative estimate of drug-likeness (QED) is 0.681. The van der Waals surface area contributed by atoms with Crippen LogP contribution in [0.15, 0.2) is 53.4 Å². The molecule has 0 radical (unpaired) electrons. The van der Waals surface area contributed by atoms with Crippen LogP contribution in [0.1, 0.15) is 12.0 Å². The molecule has 0 aliphatic heterocycles. The maximum Gasteiger partial charge on any atom is 0.240 e. The van der Waals surface area contributed by atoms with Crippen LogP contribution < -0.4 is 14.8 Å². The number of carbonyl (C=O) groups excluding carboxylic acids is 1. The van der Waals surface area contributed by atoms with Gasteiger partial charge in [-0.2, -0.15) is 0 Å². The Kier molecular flexibility index (Phi) is 7.44. The van der Waals surface area contributed by atoms with Gasteiger partial charge in [-0.05, 0) is 42.3 Å². The summed E-state index contributed by atoms with van der Waals surface area (Å²) in [6.45, 7) is 0.495. The lowest BCUT2D eigenvalue weighted by atomic mass is 10.1. The molecule has 0 saturated heterocycles. The van der Waals surface area contributed by atoms with E-state index in [1.807, 2.05) is 24.3 Å². The molecule has 1 amide bonds. The minimum Gasteiger partial charge on any atom is -0.497 e. The molecule has 0 fully saturated rings. The average Bonchev–Trinajstić information content (AvgIpc) is 2.62. The van der Waals surface area contributed by atoms with Crippen LogP contribution in [0.5, 0.6) is 5.75 Å². The molecule has 0 spiro atoms. The molecule has 2 rings (SSSR count). The Morgan fingerprint density at radius 3 is 2.50 bits per heavy atom. The number of hydrogen-bond acceptors (Lipinski definition) is 4. The van der Waals surface area contributed by atoms with Gasteiger partial charge in [0.15, 0.2) is 0 Å². The SMILES string of the molecule is COc1ccc(CCNC(=O)CCNS(=O)(=O)c2cccc(Cl)c2)cc1. The van der Waals surface area contributed by atoms with E-state index in [9.17, 15) is 13.2 Å². The molecular weight excluding hydrogens is 376 g/mol. The minimum absolute atomic E-state index is 0.0171. The van der Waals surface area contributed by atoms with Gasteiger partial charge in [0.05, 0.1) is 12.0 Å². The number of benzene rings is 2. The smallest absolute Gasteiger partial charge is 0.240 e. The highest BCUT2D eigenvalue weighted by Gasteiger charge is 2.14. The zero-order valence-electron chi connectivity index (χ0n) is 14.4. The molecule has 0 heterocycles. The monoisotopic (exact) mass is 396 g/mol. The van der Waals surface area contributed by atoms with Crippen LogP contribution in [0.25, 0.3) is 0 Å². The fourth-order valence-electron chi connectivity index (χ4n) is 2.24. The van der Waals surface area contributed by atoms with Crippen molar-refractivity contribution in [1.29, 1.82) is 0 Å². The number of halogens is 1. The Morgan fingerprint density at radius 2 is 1.85 bits per heavy atom. The zero-order valence-corrected chi connectivity index (χ0v) is 15.9. The standard InChI is InChI=1S/C18H21ClN2O4S/c1-25-16-7-5-14(6-8-16)9-11-20-18(22)10-12-21-26(23,24)17-4-2-3-15(19)13-17/h2-8,13,21H,9-12H2,1H3,(H,20,22). The maximum atomic E-state index is 12.1. The molecule has 0 atom stereocenters. The van der Waals surface area contributed by atoms with E-state index in [1.54, 1.807) is 19.2 Å². The molecule has 2 aromatic rings. The summed E-state index contributed by atoms with van der Waals surface area (Å²) in [7, 11) is -2.07. The van der Waals surface area contributed by atoms with Crippen LogP contribution in [0.3, 0.4) is 0 Å². The highest BCUT2D eigenvalue weighted by Crippen LogP contribution is 2.15. The molecule has 26 heavy (non-hydrogen) atoms. The molecule has 0 aliphatic carbocycles. The number of rotatable bonds is 9. The second-order valence-corrected chi connectivity index (χ2v) is 7.76. The van der Waals surface area contributed by atoms with E-state index in [1.165, 1.54) is 12.1 Å². The summed E-state index contributed by atoms with van der Waals surface area (Å²) >= 11 is 5.80. The summed E-state index contributed by atoms with van der Waals surface area (Å²) in [5, 5.41) is 3.11. The molecule has 0 bridgehead atoms. The maximum absolute atomic E-state index is 12.1. The molecule has 0 aliphatic rings. The summed E-state index contributed by atoms with van der Waals surface area (Å²) in [6.07, 6.45) is 0.742. The van der Waals surface area contributed by atoms with Crippen LogP contribution in [0.4, 0.5) is 0 Å². The molecule has 6 nitrogen and oxygen atoms in total. The Labute approximate surface area is 158 Å². The van der Waals surface area contributed by atoms with Crippen LogP contribution in [-0.2, 0) is 21.2 Å². The Hall–Kier alpha value is -2.09. The van der Waals surface area contributed by atoms with Crippen molar-refractivity contribution in [1.82, 2.24) is 10.0 Å². The molecule has 0 aromatic heterocycles. The number of sulfonamides is 1. The first-order chi connectivity index (χ1) is 12.4. The fourth-order valence-corrected chi connectivity index (χ4v) is 3.58. The van der Waals surface area contributed by atoms with Gasteiger partial charge in [-0.25, -0.2) is 13.1 Å². The normalized spacial score (nSPS) is 11.2. The third-order valence-electron chi connectivity index (χ3n) is 3.65. The van der Waals surface area contributed by atoms with E-state index in [4.69, 9.17) is 16.3 Å². The third kappa shape index (κ3) is 6.33. The number of amides is 1. The van der Waals surface area contributed by atoms with E-state index < -0.39 is 10.0 Å². The van der Waals surface area contributed by atoms with Gasteiger partial charge in [0.1, 0.15) is 5.75 Å². The molecule has 0 unspecified atom stereocenters. The Bertz CT molecular complexity index is 839. The first-order valence-electron chi connectivity index (χ1n) is 8.05. The van der Waals surface area contributed by atoms with Crippen LogP contribution in [0.2, 0.25) is 5.02 Å². The highest BCUT2D eigenvalue weighted by atomic mass is 35.5. The van der Waals surface area contributed by atoms with Gasteiger partial charge in [0, 0.05) is 24.5 Å². The van der Waals surface area contributed by atoms with E-state index in [2.05, 4.69) is 10.0 Å². The average molecular weight is 397 g/mol. The lowest BCUT2D eigenvalue weighted by Gasteiger charge is -2.08. The summed E-state index contributed by atoms with van der Waals surface area (Å²) in [5.41, 5.74) is 1.08. The Balaban J connectivity index is 1.71. The number of methoxy groups -OCH3 is 1. The fraction of sp³-hybridized carbons (Fsp3) is 0.278. The summed E-state index contributed by atoms with van der Waals surface area (Å²) in [4.78, 5) is 11.9. The van der Waals surface area contributed by atoms with Crippen LogP contribution in [0, 0.1) is 0 Å². The first kappa shape index (κ1) is 20.2. The van der Waals surface area contributed by atoms with Crippen molar-refractivity contribution in [3.05, 3.63) is 59.1 Å². The summed E-state index contributed by atoms with van der Waals surface area (Å²) in [5.74, 6) is 0.567. The molecule has 8 heteroatoms. The topological polar surface area (TPSA) is 84.5 Å². The molecule has 2 aromatic carbocycles. The van der Waals surface area contributed by atoms with Gasteiger partial charge in [-0.1, -0.05) is 29.8 Å². The van der Waals surface area contributed by atoms with Crippen molar-refractivity contribution < 1.29 is 17.9 Å². The Morgan fingerprint density at radius 1 is 1.12 bits per heavy atom. The summed E-state index contributed by atoms with van der Waals surface area (Å²) < 4.78 is 31.7. The summed E-state index contributed by atoms with van der Waals surface area (Å²) in [6, 6.07) is 13.6. The van der Waals surface area contributed by atoms with Gasteiger partial charge < -0.3 is 10.1 Å². The second kappa shape index (κ2) is 9.56. The first-order valence-corrected chi connectivity index (χ1v) is 9.92. The van der Waals surface area contributed by atoms with Gasteiger partial charge in [-0.3, -0.25) is 4.79 Å². The number of ether oxygens (including phenoxy) is 1. The van der Waals surface area contributed by atoms with Gasteiger partial charge in [0.25, 0.3) is 0 Å². The van der Waals surface area contributed by atoms with E-state index in [-0.39, 0.29) is 23.8 Å². The van der Waals surface area contributed by atoms with E-state index >= 15 is 0 Å². The van der Waals surface area contributed by atoms with Crippen molar-refractivity contribution in [2.75, 3.05) is 20.2 Å². The lowest BCUT2D eigenvalue weighted by molar-refractivity contribution is -0.120. The third-order valence-corrected chi connectivity index (χ3v) is 5.34. The number of nitrogens with one attached hydrogen (secondary N) is 2. The molecular formula is C18H21ClN2O4S. The predicted molar refractivity (Wildman–Crippen MR) is 101 cm³/mol. The lowest BCUT2D eigenvalue weighted by Crippen LogP contribution is -2.31. The van der Waals surface area contributed by atoms with Crippen LogP contribution in [-0.4, -0.2) is 34.5 Å². The van der Waals surface area contributed by atoms with Crippen molar-refractivity contribution in [3.63, 3.8) is 0 Å². The zero-order chi connectivity index (χ0) is 19.0. The largest absolute Gasteiger partial charge is 0.497 e. The number of carbonyl (C=O) groups is 1. The van der Waals surface area contributed by atoms with Crippen molar-refractivity contribution in [2.45, 2.75) is 17.7 Å². The molecule has 0 saturated carbocycles. The molecule has 140 valence electrons. The van der Waals surface area contributed by atoms with E-state index in [0.717, 1.165) is 11.3 Å². The predicted octanol–water partition coefficient (Wildman–Crippen LogP) is 2.38.